The van der Waals surface area contributed by atoms with Crippen molar-refractivity contribution in [1.29, 1.82) is 0 Å². The van der Waals surface area contributed by atoms with E-state index in [9.17, 15) is 4.79 Å². The van der Waals surface area contributed by atoms with E-state index in [0.29, 0.717) is 0 Å². The predicted molar refractivity (Wildman–Crippen MR) is 57.6 cm³/mol. The van der Waals surface area contributed by atoms with Gasteiger partial charge in [-0.1, -0.05) is 30.3 Å². The molecule has 1 fully saturated rings. The molecule has 16 heavy (non-hydrogen) atoms. The van der Waals surface area contributed by atoms with Crippen LogP contribution in [0.25, 0.3) is 5.70 Å². The zero-order chi connectivity index (χ0) is 11.0. The van der Waals surface area contributed by atoms with E-state index >= 15 is 0 Å². The predicted octanol–water partition coefficient (Wildman–Crippen LogP) is -0.730. The average molecular weight is 217 g/mol. The van der Waals surface area contributed by atoms with Gasteiger partial charge in [-0.15, -0.1) is 5.53 Å². The zero-order valence-corrected chi connectivity index (χ0v) is 8.40. The monoisotopic (exact) mass is 217 g/mol. The van der Waals surface area contributed by atoms with Gasteiger partial charge in [0.2, 0.25) is 0 Å². The Hall–Kier alpha value is -1.89. The van der Waals surface area contributed by atoms with Crippen molar-refractivity contribution < 1.29 is 4.79 Å². The first kappa shape index (κ1) is 9.34. The number of carbonyl (C=O) groups is 1. The molecule has 6 heteroatoms. The van der Waals surface area contributed by atoms with Crippen LogP contribution in [0.15, 0.2) is 36.4 Å². The first-order chi connectivity index (χ1) is 7.84. The maximum atomic E-state index is 11.7. The van der Waals surface area contributed by atoms with Crippen LogP contribution in [0.2, 0.25) is 0 Å². The zero-order valence-electron chi connectivity index (χ0n) is 8.40. The molecule has 0 spiro atoms. The van der Waals surface area contributed by atoms with E-state index in [1.54, 1.807) is 6.08 Å². The molecule has 1 aromatic carbocycles. The van der Waals surface area contributed by atoms with E-state index in [1.807, 2.05) is 30.3 Å². The first-order valence-corrected chi connectivity index (χ1v) is 4.97. The summed E-state index contributed by atoms with van der Waals surface area (Å²) in [5, 5.41) is 4.63. The Bertz CT molecular complexity index is 444. The lowest BCUT2D eigenvalue weighted by Gasteiger charge is -2.28. The average Bonchev–Trinajstić information content (AvgIpc) is 2.79. The highest BCUT2D eigenvalue weighted by atomic mass is 16.2. The minimum absolute atomic E-state index is 0.0971. The molecular weight excluding hydrogens is 206 g/mol. The van der Waals surface area contributed by atoms with Crippen LogP contribution in [-0.4, -0.2) is 17.2 Å². The van der Waals surface area contributed by atoms with E-state index in [2.05, 4.69) is 21.8 Å². The van der Waals surface area contributed by atoms with E-state index < -0.39 is 0 Å². The molecule has 1 saturated heterocycles. The molecule has 0 aromatic heterocycles. The Balaban J connectivity index is 1.93. The van der Waals surface area contributed by atoms with Crippen molar-refractivity contribution in [2.45, 2.75) is 6.29 Å². The molecule has 0 bridgehead atoms. The van der Waals surface area contributed by atoms with Gasteiger partial charge in [0.25, 0.3) is 5.91 Å². The number of nitrogens with one attached hydrogen (secondary N) is 4. The van der Waals surface area contributed by atoms with Crippen LogP contribution >= 0.6 is 0 Å². The van der Waals surface area contributed by atoms with Crippen LogP contribution in [0.5, 0.6) is 0 Å². The minimum Gasteiger partial charge on any atom is -0.350 e. The van der Waals surface area contributed by atoms with Crippen LogP contribution in [0.3, 0.4) is 0 Å². The molecule has 0 radical (unpaired) electrons. The Morgan fingerprint density at radius 3 is 2.81 bits per heavy atom. The van der Waals surface area contributed by atoms with Crippen molar-refractivity contribution in [2.75, 3.05) is 0 Å². The molecule has 4 N–H and O–H groups in total. The highest BCUT2D eigenvalue weighted by Gasteiger charge is 2.31. The van der Waals surface area contributed by atoms with Gasteiger partial charge in [-0.25, -0.2) is 10.4 Å². The minimum atomic E-state index is -0.271. The second-order valence-corrected chi connectivity index (χ2v) is 3.56. The second-order valence-electron chi connectivity index (χ2n) is 3.56. The molecular formula is C10H11N5O. The molecule has 3 rings (SSSR count). The Kier molecular flexibility index (Phi) is 2.10. The van der Waals surface area contributed by atoms with Crippen molar-refractivity contribution in [1.82, 2.24) is 26.8 Å². The fourth-order valence-electron chi connectivity index (χ4n) is 1.74. The summed E-state index contributed by atoms with van der Waals surface area (Å²) >= 11 is 0. The lowest BCUT2D eigenvalue weighted by atomic mass is 10.1. The van der Waals surface area contributed by atoms with Crippen molar-refractivity contribution >= 4 is 11.6 Å². The summed E-state index contributed by atoms with van der Waals surface area (Å²) in [4.78, 5) is 11.7. The third-order valence-electron chi connectivity index (χ3n) is 2.53. The Morgan fingerprint density at radius 2 is 2.00 bits per heavy atom. The van der Waals surface area contributed by atoms with Crippen LogP contribution in [0.1, 0.15) is 5.56 Å². The summed E-state index contributed by atoms with van der Waals surface area (Å²) in [6.45, 7) is 0. The second kappa shape index (κ2) is 3.60. The topological polar surface area (TPSA) is 68.4 Å². The highest BCUT2D eigenvalue weighted by molar-refractivity contribution is 5.96. The summed E-state index contributed by atoms with van der Waals surface area (Å²) in [5.41, 5.74) is 10.1. The van der Waals surface area contributed by atoms with Crippen molar-refractivity contribution in [2.24, 2.45) is 0 Å². The van der Waals surface area contributed by atoms with Gasteiger partial charge in [-0.3, -0.25) is 4.79 Å². The molecule has 1 unspecified atom stereocenters. The summed E-state index contributed by atoms with van der Waals surface area (Å²) in [5.74, 6) is -0.0971. The van der Waals surface area contributed by atoms with Crippen LogP contribution in [-0.2, 0) is 4.79 Å². The molecule has 6 nitrogen and oxygen atoms in total. The van der Waals surface area contributed by atoms with Gasteiger partial charge >= 0.3 is 0 Å². The number of nitrogens with zero attached hydrogens (tertiary/aromatic N) is 1. The van der Waals surface area contributed by atoms with Gasteiger partial charge < -0.3 is 5.32 Å². The Labute approximate surface area is 92.2 Å². The highest BCUT2D eigenvalue weighted by Crippen LogP contribution is 2.16. The largest absolute Gasteiger partial charge is 0.350 e. The smallest absolute Gasteiger partial charge is 0.266 e. The van der Waals surface area contributed by atoms with Crippen LogP contribution in [0.4, 0.5) is 0 Å². The fraction of sp³-hybridized carbons (Fsp3) is 0.100. The first-order valence-electron chi connectivity index (χ1n) is 4.97. The molecule has 2 aliphatic rings. The quantitative estimate of drug-likeness (QED) is 0.499. The summed E-state index contributed by atoms with van der Waals surface area (Å²) < 4.78 is 0. The van der Waals surface area contributed by atoms with Crippen molar-refractivity contribution in [3.63, 3.8) is 0 Å². The molecule has 0 saturated carbocycles. The normalized spacial score (nSPS) is 23.8. The Morgan fingerprint density at radius 1 is 1.19 bits per heavy atom. The maximum Gasteiger partial charge on any atom is 0.266 e. The maximum absolute atomic E-state index is 11.7. The number of hydrogen-bond acceptors (Lipinski definition) is 5. The molecule has 1 amide bonds. The number of hydrazine groups is 3. The van der Waals surface area contributed by atoms with E-state index in [-0.39, 0.29) is 12.2 Å². The molecule has 82 valence electrons. The van der Waals surface area contributed by atoms with Crippen molar-refractivity contribution in [3.8, 4) is 0 Å². The summed E-state index contributed by atoms with van der Waals surface area (Å²) in [6.07, 6.45) is 1.29. The van der Waals surface area contributed by atoms with Crippen molar-refractivity contribution in [3.05, 3.63) is 42.0 Å². The van der Waals surface area contributed by atoms with E-state index in [4.69, 9.17) is 0 Å². The SMILES string of the molecule is O=C1C=C(c2ccccc2)NC2NNNN12. The van der Waals surface area contributed by atoms with Crippen LogP contribution in [0, 0.1) is 0 Å². The molecule has 1 aromatic rings. The number of hydrogen-bond donors (Lipinski definition) is 4. The number of fused-ring (bicyclic) bond motifs is 1. The summed E-state index contributed by atoms with van der Waals surface area (Å²) in [7, 11) is 0. The third kappa shape index (κ3) is 1.45. The number of carbonyl (C=O) groups excluding carboxylic acids is 1. The van der Waals surface area contributed by atoms with E-state index in [1.165, 1.54) is 5.01 Å². The number of amides is 1. The van der Waals surface area contributed by atoms with Gasteiger partial charge in [0.15, 0.2) is 6.29 Å². The lowest BCUT2D eigenvalue weighted by molar-refractivity contribution is -0.131. The lowest BCUT2D eigenvalue weighted by Crippen LogP contribution is -2.54. The van der Waals surface area contributed by atoms with Gasteiger partial charge in [-0.2, -0.15) is 5.53 Å². The summed E-state index contributed by atoms with van der Waals surface area (Å²) in [6, 6.07) is 9.73. The van der Waals surface area contributed by atoms with Gasteiger partial charge in [-0.05, 0) is 5.56 Å². The van der Waals surface area contributed by atoms with Gasteiger partial charge in [0.05, 0.1) is 0 Å². The number of rotatable bonds is 1. The standard InChI is InChI=1S/C10H11N5O/c16-9-6-8(7-4-2-1-3-5-7)11-10-12-13-14-15(9)10/h1-6,10-14H. The van der Waals surface area contributed by atoms with E-state index in [0.717, 1.165) is 11.3 Å². The molecule has 1 atom stereocenters. The molecule has 2 aliphatic heterocycles. The van der Waals surface area contributed by atoms with Gasteiger partial charge in [0.1, 0.15) is 0 Å². The third-order valence-corrected chi connectivity index (χ3v) is 2.53. The van der Waals surface area contributed by atoms with Crippen LogP contribution < -0.4 is 21.8 Å². The molecule has 0 aliphatic carbocycles. The van der Waals surface area contributed by atoms with Gasteiger partial charge in [0, 0.05) is 11.8 Å². The molecule has 2 heterocycles. The fourth-order valence-corrected chi connectivity index (χ4v) is 1.74. The number of benzene rings is 1.